The van der Waals surface area contributed by atoms with E-state index in [1.165, 1.54) is 49.8 Å². The Balaban J connectivity index is 1.80. The molecule has 3 rings (SSSR count). The van der Waals surface area contributed by atoms with E-state index in [1.807, 2.05) is 0 Å². The normalized spacial score (nSPS) is 26.1. The van der Waals surface area contributed by atoms with Crippen molar-refractivity contribution in [2.75, 3.05) is 11.4 Å². The zero-order valence-electron chi connectivity index (χ0n) is 11.4. The first-order chi connectivity index (χ1) is 8.68. The van der Waals surface area contributed by atoms with Crippen LogP contribution in [0.5, 0.6) is 0 Å². The molecular formula is C16H24N2. The van der Waals surface area contributed by atoms with Crippen LogP contribution in [0.2, 0.25) is 0 Å². The van der Waals surface area contributed by atoms with Crippen LogP contribution in [-0.2, 0) is 6.42 Å². The van der Waals surface area contributed by atoms with Crippen LogP contribution < -0.4 is 10.6 Å². The fraction of sp³-hybridized carbons (Fsp3) is 0.625. The minimum Gasteiger partial charge on any atom is -0.366 e. The van der Waals surface area contributed by atoms with Crippen LogP contribution in [-0.4, -0.2) is 18.1 Å². The van der Waals surface area contributed by atoms with Gasteiger partial charge in [0.15, 0.2) is 0 Å². The van der Waals surface area contributed by atoms with Crippen molar-refractivity contribution in [2.45, 2.75) is 57.0 Å². The molecule has 2 aliphatic rings. The van der Waals surface area contributed by atoms with Crippen molar-refractivity contribution in [3.05, 3.63) is 29.8 Å². The maximum Gasteiger partial charge on any atom is 0.0402 e. The van der Waals surface area contributed by atoms with Crippen molar-refractivity contribution in [1.29, 1.82) is 0 Å². The number of anilines is 1. The summed E-state index contributed by atoms with van der Waals surface area (Å²) >= 11 is 0. The third kappa shape index (κ3) is 2.14. The fourth-order valence-electron chi connectivity index (χ4n) is 3.62. The molecule has 1 heterocycles. The zero-order chi connectivity index (χ0) is 12.6. The molecule has 1 fully saturated rings. The molecule has 1 aromatic rings. The van der Waals surface area contributed by atoms with E-state index in [9.17, 15) is 0 Å². The molecule has 0 amide bonds. The van der Waals surface area contributed by atoms with Gasteiger partial charge in [-0.1, -0.05) is 37.5 Å². The molecule has 0 bridgehead atoms. The van der Waals surface area contributed by atoms with E-state index >= 15 is 0 Å². The summed E-state index contributed by atoms with van der Waals surface area (Å²) in [6.07, 6.45) is 7.54. The van der Waals surface area contributed by atoms with Crippen LogP contribution in [0.1, 0.15) is 44.6 Å². The Bertz CT molecular complexity index is 421. The van der Waals surface area contributed by atoms with Crippen LogP contribution in [0.4, 0.5) is 5.69 Å². The summed E-state index contributed by atoms with van der Waals surface area (Å²) < 4.78 is 0. The van der Waals surface area contributed by atoms with Gasteiger partial charge in [0.25, 0.3) is 0 Å². The minimum absolute atomic E-state index is 0.0456. The Kier molecular flexibility index (Phi) is 3.06. The number of fused-ring (bicyclic) bond motifs is 1. The highest BCUT2D eigenvalue weighted by Gasteiger charge is 2.34. The highest BCUT2D eigenvalue weighted by molar-refractivity contribution is 5.59. The minimum atomic E-state index is 0.0456. The Morgan fingerprint density at radius 2 is 1.94 bits per heavy atom. The maximum absolute atomic E-state index is 6.62. The summed E-state index contributed by atoms with van der Waals surface area (Å²) in [5.74, 6) is 0. The third-order valence-electron chi connectivity index (χ3n) is 4.68. The SMILES string of the molecule is CC1Cc2ccccc2N1CC1(N)CCCCC1. The van der Waals surface area contributed by atoms with Crippen molar-refractivity contribution in [3.8, 4) is 0 Å². The lowest BCUT2D eigenvalue weighted by Gasteiger charge is -2.39. The molecule has 2 nitrogen and oxygen atoms in total. The lowest BCUT2D eigenvalue weighted by Crippen LogP contribution is -2.52. The second-order valence-electron chi connectivity index (χ2n) is 6.23. The molecule has 0 spiro atoms. The lowest BCUT2D eigenvalue weighted by atomic mass is 9.82. The first-order valence-electron chi connectivity index (χ1n) is 7.31. The number of benzene rings is 1. The molecule has 1 unspecified atom stereocenters. The standard InChI is InChI=1S/C16H24N2/c1-13-11-14-7-3-4-8-15(14)18(13)12-16(17)9-5-2-6-10-16/h3-4,7-8,13H,2,5-6,9-12,17H2,1H3. The number of hydrogen-bond donors (Lipinski definition) is 1. The molecule has 2 N–H and O–H groups in total. The molecular weight excluding hydrogens is 220 g/mol. The molecule has 98 valence electrons. The first kappa shape index (κ1) is 12.0. The van der Waals surface area contributed by atoms with Crippen LogP contribution in [0.25, 0.3) is 0 Å². The topological polar surface area (TPSA) is 29.3 Å². The Morgan fingerprint density at radius 3 is 2.72 bits per heavy atom. The van der Waals surface area contributed by atoms with Gasteiger partial charge < -0.3 is 10.6 Å². The van der Waals surface area contributed by atoms with E-state index in [4.69, 9.17) is 5.73 Å². The molecule has 1 aliphatic heterocycles. The van der Waals surface area contributed by atoms with Crippen molar-refractivity contribution in [3.63, 3.8) is 0 Å². The van der Waals surface area contributed by atoms with E-state index in [0.717, 1.165) is 6.54 Å². The van der Waals surface area contributed by atoms with Crippen molar-refractivity contribution < 1.29 is 0 Å². The average molecular weight is 244 g/mol. The third-order valence-corrected chi connectivity index (χ3v) is 4.68. The second kappa shape index (κ2) is 4.58. The van der Waals surface area contributed by atoms with Gasteiger partial charge in [0.05, 0.1) is 0 Å². The monoisotopic (exact) mass is 244 g/mol. The van der Waals surface area contributed by atoms with E-state index in [0.29, 0.717) is 6.04 Å². The zero-order valence-corrected chi connectivity index (χ0v) is 11.4. The van der Waals surface area contributed by atoms with Crippen LogP contribution in [0.3, 0.4) is 0 Å². The molecule has 1 atom stereocenters. The van der Waals surface area contributed by atoms with Gasteiger partial charge in [-0.25, -0.2) is 0 Å². The molecule has 1 aromatic carbocycles. The first-order valence-corrected chi connectivity index (χ1v) is 7.31. The number of para-hydroxylation sites is 1. The van der Waals surface area contributed by atoms with Gasteiger partial charge in [-0.2, -0.15) is 0 Å². The van der Waals surface area contributed by atoms with E-state index in [2.05, 4.69) is 36.1 Å². The smallest absolute Gasteiger partial charge is 0.0402 e. The number of hydrogen-bond acceptors (Lipinski definition) is 2. The van der Waals surface area contributed by atoms with Crippen LogP contribution in [0.15, 0.2) is 24.3 Å². The van der Waals surface area contributed by atoms with Crippen molar-refractivity contribution in [1.82, 2.24) is 0 Å². The summed E-state index contributed by atoms with van der Waals surface area (Å²) in [6.45, 7) is 3.36. The lowest BCUT2D eigenvalue weighted by molar-refractivity contribution is 0.294. The predicted molar refractivity (Wildman–Crippen MR) is 77.0 cm³/mol. The van der Waals surface area contributed by atoms with Crippen molar-refractivity contribution in [2.24, 2.45) is 5.73 Å². The Morgan fingerprint density at radius 1 is 1.22 bits per heavy atom. The van der Waals surface area contributed by atoms with Gasteiger partial charge in [-0.15, -0.1) is 0 Å². The predicted octanol–water partition coefficient (Wildman–Crippen LogP) is 3.10. The number of rotatable bonds is 2. The van der Waals surface area contributed by atoms with Gasteiger partial charge >= 0.3 is 0 Å². The average Bonchev–Trinajstić information content (AvgIpc) is 2.67. The van der Waals surface area contributed by atoms with E-state index in [-0.39, 0.29) is 5.54 Å². The van der Waals surface area contributed by atoms with Gasteiger partial charge in [0, 0.05) is 23.8 Å². The molecule has 1 aliphatic carbocycles. The quantitative estimate of drug-likeness (QED) is 0.866. The van der Waals surface area contributed by atoms with Crippen molar-refractivity contribution >= 4 is 5.69 Å². The van der Waals surface area contributed by atoms with Gasteiger partial charge in [0.2, 0.25) is 0 Å². The molecule has 1 saturated carbocycles. The van der Waals surface area contributed by atoms with Gasteiger partial charge in [-0.05, 0) is 37.8 Å². The summed E-state index contributed by atoms with van der Waals surface area (Å²) in [5.41, 5.74) is 9.57. The van der Waals surface area contributed by atoms with Gasteiger partial charge in [-0.3, -0.25) is 0 Å². The largest absolute Gasteiger partial charge is 0.366 e. The highest BCUT2D eigenvalue weighted by atomic mass is 15.2. The fourth-order valence-corrected chi connectivity index (χ4v) is 3.62. The summed E-state index contributed by atoms with van der Waals surface area (Å²) in [4.78, 5) is 2.54. The summed E-state index contributed by atoms with van der Waals surface area (Å²) in [6, 6.07) is 9.41. The van der Waals surface area contributed by atoms with E-state index < -0.39 is 0 Å². The Hall–Kier alpha value is -1.02. The molecule has 18 heavy (non-hydrogen) atoms. The molecule has 0 aromatic heterocycles. The van der Waals surface area contributed by atoms with Gasteiger partial charge in [0.1, 0.15) is 0 Å². The van der Waals surface area contributed by atoms with Crippen LogP contribution in [0, 0.1) is 0 Å². The van der Waals surface area contributed by atoms with E-state index in [1.54, 1.807) is 0 Å². The number of nitrogens with two attached hydrogens (primary N) is 1. The molecule has 0 radical (unpaired) electrons. The molecule has 0 saturated heterocycles. The molecule has 2 heteroatoms. The summed E-state index contributed by atoms with van der Waals surface area (Å²) in [7, 11) is 0. The van der Waals surface area contributed by atoms with Crippen LogP contribution >= 0.6 is 0 Å². The summed E-state index contributed by atoms with van der Waals surface area (Å²) in [5, 5.41) is 0. The highest BCUT2D eigenvalue weighted by Crippen LogP contribution is 2.35. The maximum atomic E-state index is 6.62. The Labute approximate surface area is 110 Å². The second-order valence-corrected chi connectivity index (χ2v) is 6.23. The number of nitrogens with zero attached hydrogens (tertiary/aromatic N) is 1.